The van der Waals surface area contributed by atoms with Crippen molar-refractivity contribution in [3.63, 3.8) is 0 Å². The summed E-state index contributed by atoms with van der Waals surface area (Å²) in [5.74, 6) is -1.14. The highest BCUT2D eigenvalue weighted by Gasteiger charge is 2.13. The van der Waals surface area contributed by atoms with Crippen molar-refractivity contribution in [1.82, 2.24) is 9.88 Å². The minimum atomic E-state index is -1.02. The zero-order valence-electron chi connectivity index (χ0n) is 14.5. The van der Waals surface area contributed by atoms with Crippen LogP contribution < -0.4 is 4.74 Å². The van der Waals surface area contributed by atoms with Crippen molar-refractivity contribution in [3.8, 4) is 5.75 Å². The number of carboxylic acids is 1. The smallest absolute Gasteiger partial charge is 0.311 e. The third kappa shape index (κ3) is 5.19. The molecular weight excluding hydrogens is 320 g/mol. The summed E-state index contributed by atoms with van der Waals surface area (Å²) in [6.07, 6.45) is 4.32. The van der Waals surface area contributed by atoms with Crippen molar-refractivity contribution in [3.05, 3.63) is 42.6 Å². The van der Waals surface area contributed by atoms with Gasteiger partial charge in [-0.25, -0.2) is 0 Å². The van der Waals surface area contributed by atoms with Crippen molar-refractivity contribution in [1.29, 1.82) is 0 Å². The van der Waals surface area contributed by atoms with Gasteiger partial charge in [0, 0.05) is 24.7 Å². The summed E-state index contributed by atoms with van der Waals surface area (Å²) in [7, 11) is 0. The van der Waals surface area contributed by atoms with Crippen molar-refractivity contribution < 1.29 is 19.4 Å². The summed E-state index contributed by atoms with van der Waals surface area (Å²) in [5.41, 5.74) is 1.91. The lowest BCUT2D eigenvalue weighted by atomic mass is 10.1. The van der Waals surface area contributed by atoms with E-state index in [1.807, 2.05) is 24.4 Å². The predicted molar refractivity (Wildman–Crippen MR) is 96.8 cm³/mol. The van der Waals surface area contributed by atoms with E-state index in [0.717, 1.165) is 42.5 Å². The van der Waals surface area contributed by atoms with Crippen molar-refractivity contribution in [2.24, 2.45) is 0 Å². The number of nitrogens with zero attached hydrogens (tertiary/aromatic N) is 1. The number of nitrogens with one attached hydrogen (secondary N) is 1. The van der Waals surface area contributed by atoms with Crippen molar-refractivity contribution >= 4 is 22.8 Å². The van der Waals surface area contributed by atoms with Gasteiger partial charge in [0.1, 0.15) is 0 Å². The highest BCUT2D eigenvalue weighted by Crippen LogP contribution is 2.28. The van der Waals surface area contributed by atoms with Gasteiger partial charge in [-0.3, -0.25) is 14.5 Å². The summed E-state index contributed by atoms with van der Waals surface area (Å²) < 4.78 is 5.32. The molecule has 2 N–H and O–H groups in total. The number of rotatable bonds is 10. The second kappa shape index (κ2) is 9.03. The van der Waals surface area contributed by atoms with Crippen LogP contribution in [0.5, 0.6) is 5.75 Å². The quantitative estimate of drug-likeness (QED) is 0.393. The number of carboxylic acid groups (broad SMARTS) is 1. The van der Waals surface area contributed by atoms with E-state index in [0.29, 0.717) is 5.75 Å². The van der Waals surface area contributed by atoms with Crippen LogP contribution in [0.1, 0.15) is 25.3 Å². The Bertz CT molecular complexity index is 751. The largest absolute Gasteiger partial charge is 0.481 e. The summed E-state index contributed by atoms with van der Waals surface area (Å²) >= 11 is 0. The third-order valence-electron chi connectivity index (χ3n) is 4.06. The van der Waals surface area contributed by atoms with Crippen LogP contribution in [0, 0.1) is 0 Å². The Hall–Kier alpha value is -2.60. The molecule has 6 heteroatoms. The second-order valence-electron chi connectivity index (χ2n) is 5.79. The van der Waals surface area contributed by atoms with Gasteiger partial charge in [-0.1, -0.05) is 25.1 Å². The van der Waals surface area contributed by atoms with Crippen LogP contribution in [0.2, 0.25) is 0 Å². The molecule has 0 saturated carbocycles. The van der Waals surface area contributed by atoms with E-state index in [1.165, 1.54) is 0 Å². The summed E-state index contributed by atoms with van der Waals surface area (Å²) in [5, 5.41) is 9.65. The Morgan fingerprint density at radius 1 is 1.36 bits per heavy atom. The summed E-state index contributed by atoms with van der Waals surface area (Å²) in [6, 6.07) is 5.53. The molecule has 0 amide bonds. The zero-order valence-corrected chi connectivity index (χ0v) is 14.5. The summed E-state index contributed by atoms with van der Waals surface area (Å²) in [4.78, 5) is 27.8. The molecule has 1 heterocycles. The van der Waals surface area contributed by atoms with Gasteiger partial charge in [0.2, 0.25) is 0 Å². The van der Waals surface area contributed by atoms with Gasteiger partial charge in [0.05, 0.1) is 18.4 Å². The topological polar surface area (TPSA) is 82.6 Å². The van der Waals surface area contributed by atoms with E-state index >= 15 is 0 Å². The van der Waals surface area contributed by atoms with Crippen LogP contribution in [-0.4, -0.2) is 46.6 Å². The van der Waals surface area contributed by atoms with Crippen LogP contribution >= 0.6 is 0 Å². The van der Waals surface area contributed by atoms with Gasteiger partial charge in [0.15, 0.2) is 5.75 Å². The fourth-order valence-electron chi connectivity index (χ4n) is 2.70. The molecule has 2 rings (SSSR count). The van der Waals surface area contributed by atoms with Crippen LogP contribution in [0.3, 0.4) is 0 Å². The fraction of sp³-hybridized carbons (Fsp3) is 0.368. The molecule has 0 spiro atoms. The Labute approximate surface area is 147 Å². The van der Waals surface area contributed by atoms with E-state index in [1.54, 1.807) is 6.07 Å². The molecular formula is C19H24N2O4. The number of aromatic nitrogens is 1. The molecule has 25 heavy (non-hydrogen) atoms. The monoisotopic (exact) mass is 344 g/mol. The van der Waals surface area contributed by atoms with Crippen molar-refractivity contribution in [2.75, 3.05) is 19.6 Å². The fourth-order valence-corrected chi connectivity index (χ4v) is 2.70. The molecule has 134 valence electrons. The first kappa shape index (κ1) is 18.7. The molecule has 0 atom stereocenters. The number of aromatic amines is 1. The van der Waals surface area contributed by atoms with Gasteiger partial charge in [0.25, 0.3) is 0 Å². The van der Waals surface area contributed by atoms with Gasteiger partial charge in [-0.05, 0) is 24.6 Å². The number of benzene rings is 1. The highest BCUT2D eigenvalue weighted by atomic mass is 16.5. The number of hydrogen-bond acceptors (Lipinski definition) is 4. The number of ether oxygens (including phenoxy) is 1. The van der Waals surface area contributed by atoms with Gasteiger partial charge >= 0.3 is 11.9 Å². The summed E-state index contributed by atoms with van der Waals surface area (Å²) in [6.45, 7) is 8.62. The van der Waals surface area contributed by atoms with Crippen molar-refractivity contribution in [2.45, 2.75) is 26.2 Å². The number of carbonyl (C=O) groups excluding carboxylic acids is 1. The Kier molecular flexibility index (Phi) is 6.77. The molecule has 0 saturated heterocycles. The molecule has 0 fully saturated rings. The number of carbonyl (C=O) groups is 2. The number of H-pyrrole nitrogens is 1. The Morgan fingerprint density at radius 3 is 2.84 bits per heavy atom. The van der Waals surface area contributed by atoms with Gasteiger partial charge in [-0.2, -0.15) is 0 Å². The number of fused-ring (bicyclic) bond motifs is 1. The van der Waals surface area contributed by atoms with E-state index in [4.69, 9.17) is 9.84 Å². The van der Waals surface area contributed by atoms with Crippen LogP contribution in [0.25, 0.3) is 10.9 Å². The normalized spacial score (nSPS) is 11.0. The van der Waals surface area contributed by atoms with Crippen LogP contribution in [-0.2, 0) is 16.0 Å². The lowest BCUT2D eigenvalue weighted by Gasteiger charge is -2.17. The molecule has 1 aromatic heterocycles. The van der Waals surface area contributed by atoms with Crippen LogP contribution in [0.4, 0.5) is 0 Å². The number of likely N-dealkylation sites (N-methyl/N-ethyl adjacent to an activating group) is 1. The molecule has 6 nitrogen and oxygen atoms in total. The minimum absolute atomic E-state index is 0.147. The lowest BCUT2D eigenvalue weighted by molar-refractivity contribution is -0.142. The molecule has 0 aliphatic heterocycles. The molecule has 1 aromatic carbocycles. The first-order valence-electron chi connectivity index (χ1n) is 8.39. The van der Waals surface area contributed by atoms with Gasteiger partial charge in [-0.15, -0.1) is 6.58 Å². The molecule has 0 aliphatic rings. The maximum absolute atomic E-state index is 11.8. The SMILES string of the molecule is C=CCN(CC)CCc1c[nH]c2c(OC(=O)CCC(=O)O)cccc12. The highest BCUT2D eigenvalue weighted by molar-refractivity contribution is 5.90. The van der Waals surface area contributed by atoms with Crippen LogP contribution in [0.15, 0.2) is 37.1 Å². The van der Waals surface area contributed by atoms with E-state index < -0.39 is 11.9 Å². The second-order valence-corrected chi connectivity index (χ2v) is 5.79. The standard InChI is InChI=1S/C19H24N2O4/c1-3-11-21(4-2)12-10-14-13-20-19-15(14)6-5-7-16(19)25-18(24)9-8-17(22)23/h3,5-7,13,20H,1,4,8-12H2,2H3,(H,22,23). The molecule has 0 aliphatic carbocycles. The van der Waals surface area contributed by atoms with E-state index in [2.05, 4.69) is 23.4 Å². The number of esters is 1. The molecule has 0 bridgehead atoms. The average molecular weight is 344 g/mol. The maximum Gasteiger partial charge on any atom is 0.311 e. The molecule has 0 unspecified atom stereocenters. The molecule has 2 aromatic rings. The molecule has 0 radical (unpaired) electrons. The first-order valence-corrected chi connectivity index (χ1v) is 8.39. The maximum atomic E-state index is 11.8. The Morgan fingerprint density at radius 2 is 2.16 bits per heavy atom. The number of para-hydroxylation sites is 1. The first-order chi connectivity index (χ1) is 12.0. The zero-order chi connectivity index (χ0) is 18.2. The van der Waals surface area contributed by atoms with Gasteiger partial charge < -0.3 is 14.8 Å². The predicted octanol–water partition coefficient (Wildman–Crippen LogP) is 2.99. The Balaban J connectivity index is 2.09. The minimum Gasteiger partial charge on any atom is -0.481 e. The number of hydrogen-bond donors (Lipinski definition) is 2. The average Bonchev–Trinajstić information content (AvgIpc) is 3.01. The van der Waals surface area contributed by atoms with E-state index in [-0.39, 0.29) is 12.8 Å². The lowest BCUT2D eigenvalue weighted by Crippen LogP contribution is -2.25. The van der Waals surface area contributed by atoms with E-state index in [9.17, 15) is 9.59 Å². The number of aliphatic carboxylic acids is 1. The third-order valence-corrected chi connectivity index (χ3v) is 4.06.